The first-order chi connectivity index (χ1) is 11.0. The predicted molar refractivity (Wildman–Crippen MR) is 81.3 cm³/mol. The zero-order valence-electron chi connectivity index (χ0n) is 12.8. The minimum absolute atomic E-state index is 0.0730. The summed E-state index contributed by atoms with van der Waals surface area (Å²) in [6.07, 6.45) is 0.0873. The summed E-state index contributed by atoms with van der Waals surface area (Å²) < 4.78 is 0. The topological polar surface area (TPSA) is 128 Å². The van der Waals surface area contributed by atoms with E-state index in [1.807, 2.05) is 0 Å². The first kappa shape index (κ1) is 18.6. The van der Waals surface area contributed by atoms with Crippen molar-refractivity contribution in [2.75, 3.05) is 13.2 Å². The molecule has 0 fully saturated rings. The van der Waals surface area contributed by atoms with E-state index in [0.717, 1.165) is 5.56 Å². The standard InChI is InChI=1S/C15H21N3O5/c1-10(13(20)16-7-8-19)17-14(21)12(15(22)18-23)9-11-5-3-2-4-6-11/h2-6,10,12,19,23H,7-9H2,1H3,(H,16,20)(H,17,21)(H,18,22)/t10-,12?/m0/s1. The SMILES string of the molecule is C[C@H](NC(=O)C(Cc1ccccc1)C(=O)NO)C(=O)NCCO. The fraction of sp³-hybridized carbons (Fsp3) is 0.400. The Morgan fingerprint density at radius 2 is 1.74 bits per heavy atom. The van der Waals surface area contributed by atoms with Crippen LogP contribution in [0.5, 0.6) is 0 Å². The molecule has 1 aromatic carbocycles. The Morgan fingerprint density at radius 3 is 2.30 bits per heavy atom. The van der Waals surface area contributed by atoms with Gasteiger partial charge in [-0.15, -0.1) is 0 Å². The molecule has 1 unspecified atom stereocenters. The summed E-state index contributed by atoms with van der Waals surface area (Å²) in [6, 6.07) is 7.97. The van der Waals surface area contributed by atoms with Gasteiger partial charge in [0.15, 0.2) is 0 Å². The third-order valence-electron chi connectivity index (χ3n) is 3.19. The highest BCUT2D eigenvalue weighted by Gasteiger charge is 2.29. The van der Waals surface area contributed by atoms with Crippen LogP contribution in [0.3, 0.4) is 0 Å². The molecule has 8 heteroatoms. The van der Waals surface area contributed by atoms with Crippen LogP contribution in [0.25, 0.3) is 0 Å². The number of benzene rings is 1. The number of carbonyl (C=O) groups excluding carboxylic acids is 3. The normalized spacial score (nSPS) is 12.8. The molecule has 3 amide bonds. The number of amides is 3. The molecule has 126 valence electrons. The van der Waals surface area contributed by atoms with Gasteiger partial charge in [-0.25, -0.2) is 5.48 Å². The van der Waals surface area contributed by atoms with Crippen molar-refractivity contribution >= 4 is 17.7 Å². The third kappa shape index (κ3) is 6.05. The maximum Gasteiger partial charge on any atom is 0.256 e. The maximum atomic E-state index is 12.2. The lowest BCUT2D eigenvalue weighted by Crippen LogP contribution is -2.50. The number of rotatable bonds is 8. The van der Waals surface area contributed by atoms with E-state index in [-0.39, 0.29) is 19.6 Å². The molecule has 1 aromatic rings. The zero-order chi connectivity index (χ0) is 17.2. The average molecular weight is 323 g/mol. The monoisotopic (exact) mass is 323 g/mol. The number of nitrogens with one attached hydrogen (secondary N) is 3. The average Bonchev–Trinajstić information content (AvgIpc) is 2.57. The van der Waals surface area contributed by atoms with Gasteiger partial charge in [0.1, 0.15) is 12.0 Å². The molecule has 0 aliphatic rings. The Morgan fingerprint density at radius 1 is 1.09 bits per heavy atom. The second kappa shape index (κ2) is 9.54. The molecule has 0 radical (unpaired) electrons. The Kier molecular flexibility index (Phi) is 7.72. The number of carbonyl (C=O) groups is 3. The molecule has 0 heterocycles. The van der Waals surface area contributed by atoms with Crippen molar-refractivity contribution < 1.29 is 24.7 Å². The van der Waals surface area contributed by atoms with Crippen molar-refractivity contribution in [3.8, 4) is 0 Å². The van der Waals surface area contributed by atoms with Crippen molar-refractivity contribution in [2.24, 2.45) is 5.92 Å². The van der Waals surface area contributed by atoms with Crippen molar-refractivity contribution in [2.45, 2.75) is 19.4 Å². The molecule has 0 aliphatic carbocycles. The molecule has 8 nitrogen and oxygen atoms in total. The first-order valence-electron chi connectivity index (χ1n) is 7.16. The molecular formula is C15H21N3O5. The summed E-state index contributed by atoms with van der Waals surface area (Å²) in [7, 11) is 0. The van der Waals surface area contributed by atoms with Gasteiger partial charge in [-0.1, -0.05) is 30.3 Å². The third-order valence-corrected chi connectivity index (χ3v) is 3.19. The van der Waals surface area contributed by atoms with Gasteiger partial charge in [-0.3, -0.25) is 19.6 Å². The lowest BCUT2D eigenvalue weighted by Gasteiger charge is -2.18. The van der Waals surface area contributed by atoms with E-state index < -0.39 is 29.7 Å². The molecule has 0 saturated carbocycles. The minimum atomic E-state index is -1.17. The lowest BCUT2D eigenvalue weighted by molar-refractivity contribution is -0.142. The second-order valence-corrected chi connectivity index (χ2v) is 4.96. The van der Waals surface area contributed by atoms with E-state index in [9.17, 15) is 14.4 Å². The molecule has 1 rings (SSSR count). The summed E-state index contributed by atoms with van der Waals surface area (Å²) in [4.78, 5) is 35.6. The Labute approximate surface area is 133 Å². The summed E-state index contributed by atoms with van der Waals surface area (Å²) >= 11 is 0. The quantitative estimate of drug-likeness (QED) is 0.237. The van der Waals surface area contributed by atoms with Crippen LogP contribution in [0.1, 0.15) is 12.5 Å². The van der Waals surface area contributed by atoms with Crippen LogP contribution in [0.15, 0.2) is 30.3 Å². The molecule has 23 heavy (non-hydrogen) atoms. The highest BCUT2D eigenvalue weighted by molar-refractivity contribution is 6.01. The van der Waals surface area contributed by atoms with Crippen molar-refractivity contribution in [1.82, 2.24) is 16.1 Å². The lowest BCUT2D eigenvalue weighted by atomic mass is 9.97. The van der Waals surface area contributed by atoms with E-state index in [1.54, 1.807) is 30.3 Å². The summed E-state index contributed by atoms with van der Waals surface area (Å²) in [6.45, 7) is 1.32. The highest BCUT2D eigenvalue weighted by atomic mass is 16.5. The number of aliphatic hydroxyl groups is 1. The van der Waals surface area contributed by atoms with Gasteiger partial charge in [0.2, 0.25) is 11.8 Å². The van der Waals surface area contributed by atoms with Crippen LogP contribution in [0.2, 0.25) is 0 Å². The molecule has 5 N–H and O–H groups in total. The van der Waals surface area contributed by atoms with Gasteiger partial charge in [0, 0.05) is 6.54 Å². The predicted octanol–water partition coefficient (Wildman–Crippen LogP) is -1.04. The largest absolute Gasteiger partial charge is 0.395 e. The van der Waals surface area contributed by atoms with Crippen LogP contribution in [-0.4, -0.2) is 47.2 Å². The Balaban J connectivity index is 2.72. The number of hydroxylamine groups is 1. The Bertz CT molecular complexity index is 535. The van der Waals surface area contributed by atoms with Crippen LogP contribution >= 0.6 is 0 Å². The zero-order valence-corrected chi connectivity index (χ0v) is 12.8. The van der Waals surface area contributed by atoms with Crippen LogP contribution < -0.4 is 16.1 Å². The van der Waals surface area contributed by atoms with Gasteiger partial charge in [0.05, 0.1) is 6.61 Å². The molecule has 2 atom stereocenters. The molecular weight excluding hydrogens is 302 g/mol. The summed E-state index contributed by atoms with van der Waals surface area (Å²) in [5.74, 6) is -3.17. The number of hydrogen-bond acceptors (Lipinski definition) is 5. The number of aliphatic hydroxyl groups excluding tert-OH is 1. The van der Waals surface area contributed by atoms with Crippen LogP contribution in [0.4, 0.5) is 0 Å². The minimum Gasteiger partial charge on any atom is -0.395 e. The van der Waals surface area contributed by atoms with Gasteiger partial charge >= 0.3 is 0 Å². The maximum absolute atomic E-state index is 12.2. The highest BCUT2D eigenvalue weighted by Crippen LogP contribution is 2.10. The molecule has 0 bridgehead atoms. The van der Waals surface area contributed by atoms with Gasteiger partial charge < -0.3 is 15.7 Å². The van der Waals surface area contributed by atoms with Gasteiger partial charge in [-0.2, -0.15) is 0 Å². The van der Waals surface area contributed by atoms with E-state index in [4.69, 9.17) is 10.3 Å². The molecule has 0 saturated heterocycles. The fourth-order valence-electron chi connectivity index (χ4n) is 1.94. The summed E-state index contributed by atoms with van der Waals surface area (Å²) in [5.41, 5.74) is 2.21. The van der Waals surface area contributed by atoms with Crippen LogP contribution in [-0.2, 0) is 20.8 Å². The fourth-order valence-corrected chi connectivity index (χ4v) is 1.94. The van der Waals surface area contributed by atoms with Gasteiger partial charge in [0.25, 0.3) is 5.91 Å². The smallest absolute Gasteiger partial charge is 0.256 e. The van der Waals surface area contributed by atoms with Crippen molar-refractivity contribution in [1.29, 1.82) is 0 Å². The van der Waals surface area contributed by atoms with Crippen molar-refractivity contribution in [3.05, 3.63) is 35.9 Å². The van der Waals surface area contributed by atoms with E-state index in [0.29, 0.717) is 0 Å². The first-order valence-corrected chi connectivity index (χ1v) is 7.16. The van der Waals surface area contributed by atoms with E-state index in [2.05, 4.69) is 10.6 Å². The summed E-state index contributed by atoms with van der Waals surface area (Å²) in [5, 5.41) is 22.3. The van der Waals surface area contributed by atoms with E-state index >= 15 is 0 Å². The van der Waals surface area contributed by atoms with Gasteiger partial charge in [-0.05, 0) is 18.9 Å². The Hall–Kier alpha value is -2.45. The van der Waals surface area contributed by atoms with E-state index in [1.165, 1.54) is 12.4 Å². The molecule has 0 aromatic heterocycles. The second-order valence-electron chi connectivity index (χ2n) is 4.96. The molecule has 0 aliphatic heterocycles. The van der Waals surface area contributed by atoms with Crippen molar-refractivity contribution in [3.63, 3.8) is 0 Å². The molecule has 0 spiro atoms. The number of hydrogen-bond donors (Lipinski definition) is 5. The van der Waals surface area contributed by atoms with Crippen LogP contribution in [0, 0.1) is 5.92 Å².